The predicted molar refractivity (Wildman–Crippen MR) is 68.1 cm³/mol. The van der Waals surface area contributed by atoms with Crippen LogP contribution in [-0.2, 0) is 4.79 Å². The number of hydrogen-bond donors (Lipinski definition) is 3. The molecule has 0 fully saturated rings. The number of nitrogens with zero attached hydrogens (tertiary/aromatic N) is 1. The van der Waals surface area contributed by atoms with Crippen LogP contribution < -0.4 is 5.73 Å². The van der Waals surface area contributed by atoms with Crippen molar-refractivity contribution in [2.45, 2.75) is 19.9 Å². The second-order valence-corrected chi connectivity index (χ2v) is 4.28. The summed E-state index contributed by atoms with van der Waals surface area (Å²) in [5, 5.41) is 8.86. The molecule has 1 atom stereocenters. The minimum atomic E-state index is -1.12. The molecule has 0 aliphatic rings. The molecule has 0 aliphatic heterocycles. The number of nitrogens with one attached hydrogen (secondary N) is 1. The number of aliphatic carboxylic acids is 1. The van der Waals surface area contributed by atoms with Gasteiger partial charge in [0.25, 0.3) is 0 Å². The summed E-state index contributed by atoms with van der Waals surface area (Å²) in [6.45, 7) is 3.85. The Balaban J connectivity index is 2.40. The molecule has 5 nitrogen and oxygen atoms in total. The van der Waals surface area contributed by atoms with Crippen LogP contribution in [-0.4, -0.2) is 21.0 Å². The van der Waals surface area contributed by atoms with E-state index in [2.05, 4.69) is 9.97 Å². The molecular formula is C13H15N3O2. The van der Waals surface area contributed by atoms with Crippen molar-refractivity contribution in [1.82, 2.24) is 9.97 Å². The summed E-state index contributed by atoms with van der Waals surface area (Å²) in [4.78, 5) is 18.0. The highest BCUT2D eigenvalue weighted by molar-refractivity contribution is 5.74. The molecule has 2 aromatic rings. The lowest BCUT2D eigenvalue weighted by Gasteiger charge is -2.01. The molecule has 94 valence electrons. The number of imidazole rings is 1. The summed E-state index contributed by atoms with van der Waals surface area (Å²) in [6, 6.07) is 6.76. The zero-order valence-electron chi connectivity index (χ0n) is 10.3. The van der Waals surface area contributed by atoms with Crippen molar-refractivity contribution in [3.05, 3.63) is 41.3 Å². The summed E-state index contributed by atoms with van der Waals surface area (Å²) < 4.78 is 0. The van der Waals surface area contributed by atoms with Crippen LogP contribution >= 0.6 is 0 Å². The number of rotatable bonds is 3. The molecule has 0 spiro atoms. The van der Waals surface area contributed by atoms with Crippen LogP contribution in [0.3, 0.4) is 0 Å². The van der Waals surface area contributed by atoms with E-state index < -0.39 is 12.0 Å². The Kier molecular flexibility index (Phi) is 3.16. The number of carbonyl (C=O) groups is 1. The number of aromatic nitrogens is 2. The van der Waals surface area contributed by atoms with Crippen molar-refractivity contribution < 1.29 is 9.90 Å². The lowest BCUT2D eigenvalue weighted by Crippen LogP contribution is -2.21. The topological polar surface area (TPSA) is 92.0 Å². The fraction of sp³-hybridized carbons (Fsp3) is 0.231. The highest BCUT2D eigenvalue weighted by atomic mass is 16.4. The van der Waals surface area contributed by atoms with Crippen LogP contribution in [0.1, 0.15) is 23.1 Å². The van der Waals surface area contributed by atoms with E-state index in [1.165, 1.54) is 0 Å². The van der Waals surface area contributed by atoms with Crippen LogP contribution in [0.2, 0.25) is 0 Å². The van der Waals surface area contributed by atoms with Crippen LogP contribution in [0.25, 0.3) is 11.3 Å². The molecule has 4 N–H and O–H groups in total. The van der Waals surface area contributed by atoms with E-state index in [9.17, 15) is 4.79 Å². The van der Waals surface area contributed by atoms with Crippen LogP contribution in [0.5, 0.6) is 0 Å². The molecule has 0 amide bonds. The second-order valence-electron chi connectivity index (χ2n) is 4.28. The van der Waals surface area contributed by atoms with Gasteiger partial charge in [-0.05, 0) is 13.8 Å². The van der Waals surface area contributed by atoms with E-state index in [-0.39, 0.29) is 5.82 Å². The van der Waals surface area contributed by atoms with Gasteiger partial charge in [-0.25, -0.2) is 4.98 Å². The van der Waals surface area contributed by atoms with Gasteiger partial charge in [0.15, 0.2) is 6.04 Å². The first-order chi connectivity index (χ1) is 8.49. The molecule has 0 radical (unpaired) electrons. The molecule has 18 heavy (non-hydrogen) atoms. The van der Waals surface area contributed by atoms with Crippen molar-refractivity contribution in [2.24, 2.45) is 5.73 Å². The minimum Gasteiger partial charge on any atom is -0.480 e. The standard InChI is InChI=1S/C13H15N3O2/c1-7-3-5-9(6-4-7)11-8(2)15-12(16-11)10(14)13(17)18/h3-6,10H,14H2,1-2H3,(H,15,16)(H,17,18). The fourth-order valence-electron chi connectivity index (χ4n) is 1.74. The number of benzene rings is 1. The van der Waals surface area contributed by atoms with Crippen LogP contribution in [0.4, 0.5) is 0 Å². The van der Waals surface area contributed by atoms with Gasteiger partial charge in [0.05, 0.1) is 5.69 Å². The molecule has 0 saturated carbocycles. The molecule has 1 aromatic carbocycles. The Morgan fingerprint density at radius 3 is 2.50 bits per heavy atom. The Labute approximate surface area is 105 Å². The normalized spacial score (nSPS) is 12.4. The number of carboxylic acid groups (broad SMARTS) is 1. The van der Waals surface area contributed by atoms with Crippen molar-refractivity contribution in [2.75, 3.05) is 0 Å². The number of H-pyrrole nitrogens is 1. The smallest absolute Gasteiger partial charge is 0.328 e. The Morgan fingerprint density at radius 2 is 1.94 bits per heavy atom. The first kappa shape index (κ1) is 12.3. The molecular weight excluding hydrogens is 230 g/mol. The molecule has 0 aliphatic carbocycles. The summed E-state index contributed by atoms with van der Waals surface area (Å²) in [5.74, 6) is -0.824. The van der Waals surface area contributed by atoms with Crippen molar-refractivity contribution in [3.63, 3.8) is 0 Å². The summed E-state index contributed by atoms with van der Waals surface area (Å²) in [6.07, 6.45) is 0. The molecule has 0 bridgehead atoms. The lowest BCUT2D eigenvalue weighted by molar-refractivity contribution is -0.138. The minimum absolute atomic E-state index is 0.274. The molecule has 1 unspecified atom stereocenters. The first-order valence-electron chi connectivity index (χ1n) is 5.61. The highest BCUT2D eigenvalue weighted by Gasteiger charge is 2.19. The van der Waals surface area contributed by atoms with E-state index in [0.29, 0.717) is 0 Å². The number of nitrogens with two attached hydrogens (primary N) is 1. The third kappa shape index (κ3) is 2.26. The maximum Gasteiger partial charge on any atom is 0.328 e. The first-order valence-corrected chi connectivity index (χ1v) is 5.61. The van der Waals surface area contributed by atoms with Gasteiger partial charge in [-0.15, -0.1) is 0 Å². The largest absolute Gasteiger partial charge is 0.480 e. The quantitative estimate of drug-likeness (QED) is 0.768. The van der Waals surface area contributed by atoms with Crippen LogP contribution in [0.15, 0.2) is 24.3 Å². The number of aryl methyl sites for hydroxylation is 2. The van der Waals surface area contributed by atoms with E-state index in [0.717, 1.165) is 22.5 Å². The fourth-order valence-corrected chi connectivity index (χ4v) is 1.74. The van der Waals surface area contributed by atoms with Gasteiger partial charge in [-0.2, -0.15) is 0 Å². The van der Waals surface area contributed by atoms with E-state index in [1.54, 1.807) is 0 Å². The highest BCUT2D eigenvalue weighted by Crippen LogP contribution is 2.23. The lowest BCUT2D eigenvalue weighted by atomic mass is 10.1. The van der Waals surface area contributed by atoms with Gasteiger partial charge in [0, 0.05) is 11.3 Å². The summed E-state index contributed by atoms with van der Waals surface area (Å²) in [7, 11) is 0. The third-order valence-corrected chi connectivity index (χ3v) is 2.79. The second kappa shape index (κ2) is 4.62. The van der Waals surface area contributed by atoms with E-state index in [4.69, 9.17) is 10.8 Å². The maximum atomic E-state index is 10.8. The monoisotopic (exact) mass is 245 g/mol. The summed E-state index contributed by atoms with van der Waals surface area (Å²) in [5.41, 5.74) is 9.18. The zero-order chi connectivity index (χ0) is 13.3. The average Bonchev–Trinajstić information content (AvgIpc) is 2.71. The van der Waals surface area contributed by atoms with Gasteiger partial charge in [-0.1, -0.05) is 29.8 Å². The van der Waals surface area contributed by atoms with Gasteiger partial charge >= 0.3 is 5.97 Å². The van der Waals surface area contributed by atoms with Crippen LogP contribution in [0, 0.1) is 13.8 Å². The van der Waals surface area contributed by atoms with Gasteiger partial charge in [0.1, 0.15) is 5.82 Å². The molecule has 5 heteroatoms. The number of hydrogen-bond acceptors (Lipinski definition) is 3. The third-order valence-electron chi connectivity index (χ3n) is 2.79. The van der Waals surface area contributed by atoms with E-state index in [1.807, 2.05) is 38.1 Å². The number of aromatic amines is 1. The zero-order valence-corrected chi connectivity index (χ0v) is 10.3. The molecule has 1 aromatic heterocycles. The average molecular weight is 245 g/mol. The predicted octanol–water partition coefficient (Wildman–Crippen LogP) is 1.78. The van der Waals surface area contributed by atoms with Gasteiger partial charge < -0.3 is 15.8 Å². The van der Waals surface area contributed by atoms with Gasteiger partial charge in [0.2, 0.25) is 0 Å². The molecule has 0 saturated heterocycles. The van der Waals surface area contributed by atoms with Gasteiger partial charge in [-0.3, -0.25) is 4.79 Å². The van der Waals surface area contributed by atoms with E-state index >= 15 is 0 Å². The Bertz CT molecular complexity index is 572. The Hall–Kier alpha value is -2.14. The molecule has 1 heterocycles. The molecule has 2 rings (SSSR count). The number of carboxylic acids is 1. The SMILES string of the molecule is Cc1ccc(-c2nc(C(N)C(=O)O)[nH]c2C)cc1. The summed E-state index contributed by atoms with van der Waals surface area (Å²) >= 11 is 0. The maximum absolute atomic E-state index is 10.8. The Morgan fingerprint density at radius 1 is 1.33 bits per heavy atom. The van der Waals surface area contributed by atoms with Crippen molar-refractivity contribution >= 4 is 5.97 Å². The van der Waals surface area contributed by atoms with Crippen molar-refractivity contribution in [3.8, 4) is 11.3 Å². The van der Waals surface area contributed by atoms with Crippen molar-refractivity contribution in [1.29, 1.82) is 0 Å².